The molecule has 3 aromatic rings. The van der Waals surface area contributed by atoms with Crippen LogP contribution in [0.3, 0.4) is 0 Å². The summed E-state index contributed by atoms with van der Waals surface area (Å²) in [6, 6.07) is 11.4. The number of para-hydroxylation sites is 1. The number of hydrogen-bond acceptors (Lipinski definition) is 6. The zero-order valence-electron chi connectivity index (χ0n) is 12.9. The van der Waals surface area contributed by atoms with E-state index in [2.05, 4.69) is 10.3 Å². The number of fused-ring (bicyclic) bond motifs is 1. The molecule has 7 heteroatoms. The van der Waals surface area contributed by atoms with Gasteiger partial charge in [-0.15, -0.1) is 22.7 Å². The second-order valence-corrected chi connectivity index (χ2v) is 7.14. The maximum Gasteiger partial charge on any atom is 0.306 e. The minimum absolute atomic E-state index is 0.104. The molecule has 1 aromatic carbocycles. The molecule has 0 bridgehead atoms. The molecule has 0 unspecified atom stereocenters. The first-order valence-corrected chi connectivity index (χ1v) is 9.24. The topological polar surface area (TPSA) is 68.3 Å². The van der Waals surface area contributed by atoms with E-state index in [9.17, 15) is 9.59 Å². The van der Waals surface area contributed by atoms with E-state index in [0.29, 0.717) is 17.8 Å². The van der Waals surface area contributed by atoms with Crippen LogP contribution < -0.4 is 5.32 Å². The number of benzene rings is 1. The summed E-state index contributed by atoms with van der Waals surface area (Å²) < 4.78 is 6.32. The molecule has 24 heavy (non-hydrogen) atoms. The molecule has 0 spiro atoms. The first-order chi connectivity index (χ1) is 11.7. The van der Waals surface area contributed by atoms with Crippen LogP contribution in [0.4, 0.5) is 0 Å². The second kappa shape index (κ2) is 8.03. The van der Waals surface area contributed by atoms with E-state index < -0.39 is 0 Å². The summed E-state index contributed by atoms with van der Waals surface area (Å²) in [5.41, 5.74) is 0.921. The Morgan fingerprint density at radius 2 is 2.04 bits per heavy atom. The van der Waals surface area contributed by atoms with Gasteiger partial charge in [-0.1, -0.05) is 18.2 Å². The quantitative estimate of drug-likeness (QED) is 0.516. The van der Waals surface area contributed by atoms with E-state index in [0.717, 1.165) is 15.2 Å². The summed E-state index contributed by atoms with van der Waals surface area (Å²) in [5.74, 6) is -0.382. The third-order valence-corrected chi connectivity index (χ3v) is 5.16. The van der Waals surface area contributed by atoms with E-state index in [1.807, 2.05) is 35.7 Å². The fourth-order valence-electron chi connectivity index (χ4n) is 2.13. The SMILES string of the molecule is O=C(CCCNC(=O)c1cccs1)OCc1nc2ccccc2s1. The Balaban J connectivity index is 1.36. The number of aromatic nitrogens is 1. The number of carbonyl (C=O) groups is 2. The van der Waals surface area contributed by atoms with Crippen LogP contribution in [-0.2, 0) is 16.1 Å². The fourth-order valence-corrected chi connectivity index (χ4v) is 3.65. The van der Waals surface area contributed by atoms with Crippen molar-refractivity contribution >= 4 is 44.8 Å². The van der Waals surface area contributed by atoms with Gasteiger partial charge in [0, 0.05) is 13.0 Å². The molecule has 0 saturated carbocycles. The number of hydrogen-bond donors (Lipinski definition) is 1. The number of rotatable bonds is 7. The maximum atomic E-state index is 11.7. The Labute approximate surface area is 147 Å². The Morgan fingerprint density at radius 3 is 2.83 bits per heavy atom. The number of nitrogens with zero attached hydrogens (tertiary/aromatic N) is 1. The van der Waals surface area contributed by atoms with Crippen LogP contribution >= 0.6 is 22.7 Å². The van der Waals surface area contributed by atoms with E-state index >= 15 is 0 Å². The van der Waals surface area contributed by atoms with E-state index in [-0.39, 0.29) is 24.9 Å². The molecular formula is C17H16N2O3S2. The predicted octanol–water partition coefficient (Wildman–Crippen LogP) is 3.61. The Morgan fingerprint density at radius 1 is 1.17 bits per heavy atom. The van der Waals surface area contributed by atoms with Gasteiger partial charge in [0.25, 0.3) is 5.91 Å². The Bertz CT molecular complexity index is 794. The second-order valence-electron chi connectivity index (χ2n) is 5.07. The number of thiophene rings is 1. The highest BCUT2D eigenvalue weighted by Crippen LogP contribution is 2.22. The van der Waals surface area contributed by atoms with Gasteiger partial charge < -0.3 is 10.1 Å². The van der Waals surface area contributed by atoms with Crippen LogP contribution in [0.25, 0.3) is 10.2 Å². The zero-order valence-corrected chi connectivity index (χ0v) is 14.5. The number of esters is 1. The van der Waals surface area contributed by atoms with Crippen LogP contribution in [0.15, 0.2) is 41.8 Å². The van der Waals surface area contributed by atoms with Crippen molar-refractivity contribution in [2.24, 2.45) is 0 Å². The predicted molar refractivity (Wildman–Crippen MR) is 95.3 cm³/mol. The molecule has 0 fully saturated rings. The highest BCUT2D eigenvalue weighted by molar-refractivity contribution is 7.18. The first kappa shape index (κ1) is 16.6. The van der Waals surface area contributed by atoms with Crippen molar-refractivity contribution in [1.29, 1.82) is 0 Å². The van der Waals surface area contributed by atoms with Crippen LogP contribution in [0.2, 0.25) is 0 Å². The maximum absolute atomic E-state index is 11.7. The monoisotopic (exact) mass is 360 g/mol. The van der Waals surface area contributed by atoms with Gasteiger partial charge in [0.2, 0.25) is 0 Å². The summed E-state index contributed by atoms with van der Waals surface area (Å²) in [5, 5.41) is 5.43. The van der Waals surface area contributed by atoms with Gasteiger partial charge >= 0.3 is 5.97 Å². The lowest BCUT2D eigenvalue weighted by Crippen LogP contribution is -2.24. The molecule has 0 aliphatic rings. The van der Waals surface area contributed by atoms with Crippen molar-refractivity contribution in [2.75, 3.05) is 6.54 Å². The van der Waals surface area contributed by atoms with Crippen LogP contribution in [0.5, 0.6) is 0 Å². The summed E-state index contributed by atoms with van der Waals surface area (Å²) in [6.07, 6.45) is 0.825. The number of ether oxygens (including phenoxy) is 1. The highest BCUT2D eigenvalue weighted by atomic mass is 32.1. The fraction of sp³-hybridized carbons (Fsp3) is 0.235. The van der Waals surface area contributed by atoms with Gasteiger partial charge in [0.05, 0.1) is 15.1 Å². The molecular weight excluding hydrogens is 344 g/mol. The van der Waals surface area contributed by atoms with Gasteiger partial charge in [0.15, 0.2) is 0 Å². The summed E-state index contributed by atoms with van der Waals surface area (Å²) in [7, 11) is 0. The average molecular weight is 360 g/mol. The average Bonchev–Trinajstić information content (AvgIpc) is 3.25. The largest absolute Gasteiger partial charge is 0.458 e. The molecule has 0 radical (unpaired) electrons. The molecule has 3 rings (SSSR count). The lowest BCUT2D eigenvalue weighted by atomic mass is 10.3. The van der Waals surface area contributed by atoms with Crippen molar-refractivity contribution in [3.05, 3.63) is 51.7 Å². The van der Waals surface area contributed by atoms with Crippen LogP contribution in [0.1, 0.15) is 27.5 Å². The molecule has 1 N–H and O–H groups in total. The van der Waals surface area contributed by atoms with Crippen molar-refractivity contribution < 1.29 is 14.3 Å². The van der Waals surface area contributed by atoms with Crippen molar-refractivity contribution in [1.82, 2.24) is 10.3 Å². The van der Waals surface area contributed by atoms with Gasteiger partial charge in [-0.05, 0) is 30.0 Å². The molecule has 2 heterocycles. The number of amides is 1. The van der Waals surface area contributed by atoms with E-state index in [1.165, 1.54) is 22.7 Å². The lowest BCUT2D eigenvalue weighted by Gasteiger charge is -2.04. The number of nitrogens with one attached hydrogen (secondary N) is 1. The molecule has 0 atom stereocenters. The molecule has 1 amide bonds. The third kappa shape index (κ3) is 4.39. The molecule has 124 valence electrons. The first-order valence-electron chi connectivity index (χ1n) is 7.54. The molecule has 0 aliphatic heterocycles. The standard InChI is InChI=1S/C17H16N2O3S2/c20-16(8-3-9-18-17(21)14-7-4-10-23-14)22-11-15-19-12-5-1-2-6-13(12)24-15/h1-2,4-7,10H,3,8-9,11H2,(H,18,21). The van der Waals surface area contributed by atoms with Crippen LogP contribution in [0, 0.1) is 0 Å². The third-order valence-electron chi connectivity index (χ3n) is 3.28. The van der Waals surface area contributed by atoms with Gasteiger partial charge in [-0.25, -0.2) is 4.98 Å². The number of thiazole rings is 1. The van der Waals surface area contributed by atoms with E-state index in [4.69, 9.17) is 4.74 Å². The Hall–Kier alpha value is -2.25. The van der Waals surface area contributed by atoms with E-state index in [1.54, 1.807) is 6.07 Å². The summed E-state index contributed by atoms with van der Waals surface area (Å²) in [6.45, 7) is 0.646. The Kier molecular flexibility index (Phi) is 5.55. The minimum atomic E-state index is -0.278. The summed E-state index contributed by atoms with van der Waals surface area (Å²) >= 11 is 2.92. The van der Waals surface area contributed by atoms with Gasteiger partial charge in [-0.2, -0.15) is 0 Å². The molecule has 0 aliphatic carbocycles. The normalized spacial score (nSPS) is 10.7. The lowest BCUT2D eigenvalue weighted by molar-refractivity contribution is -0.145. The molecule has 0 saturated heterocycles. The molecule has 5 nitrogen and oxygen atoms in total. The summed E-state index contributed by atoms with van der Waals surface area (Å²) in [4.78, 5) is 28.6. The van der Waals surface area contributed by atoms with Crippen molar-refractivity contribution in [2.45, 2.75) is 19.4 Å². The highest BCUT2D eigenvalue weighted by Gasteiger charge is 2.09. The minimum Gasteiger partial charge on any atom is -0.458 e. The smallest absolute Gasteiger partial charge is 0.306 e. The van der Waals surface area contributed by atoms with Crippen molar-refractivity contribution in [3.63, 3.8) is 0 Å². The molecule has 2 aromatic heterocycles. The number of carbonyl (C=O) groups excluding carboxylic acids is 2. The van der Waals surface area contributed by atoms with Crippen molar-refractivity contribution in [3.8, 4) is 0 Å². The van der Waals surface area contributed by atoms with Gasteiger partial charge in [0.1, 0.15) is 11.6 Å². The zero-order chi connectivity index (χ0) is 16.8. The van der Waals surface area contributed by atoms with Crippen LogP contribution in [-0.4, -0.2) is 23.4 Å². The van der Waals surface area contributed by atoms with Gasteiger partial charge in [-0.3, -0.25) is 9.59 Å².